The predicted molar refractivity (Wildman–Crippen MR) is 85.5 cm³/mol. The minimum atomic E-state index is 0.163. The van der Waals surface area contributed by atoms with Crippen molar-refractivity contribution in [3.63, 3.8) is 0 Å². The molecule has 0 radical (unpaired) electrons. The van der Waals surface area contributed by atoms with Crippen LogP contribution in [-0.2, 0) is 13.5 Å². The first-order chi connectivity index (χ1) is 8.58. The summed E-state index contributed by atoms with van der Waals surface area (Å²) in [6.45, 7) is 14.3. The quantitative estimate of drug-likeness (QED) is 0.889. The topological polar surface area (TPSA) is 29.9 Å². The summed E-state index contributed by atoms with van der Waals surface area (Å²) in [5.74, 6) is 0. The van der Waals surface area contributed by atoms with Crippen molar-refractivity contribution < 1.29 is 0 Å². The average Bonchev–Trinajstić information content (AvgIpc) is 2.53. The minimum Gasteiger partial charge on any atom is -0.312 e. The van der Waals surface area contributed by atoms with E-state index in [1.54, 1.807) is 0 Å². The van der Waals surface area contributed by atoms with Crippen LogP contribution in [-0.4, -0.2) is 21.9 Å². The Morgan fingerprint density at radius 1 is 1.26 bits per heavy atom. The van der Waals surface area contributed by atoms with Crippen LogP contribution in [0.2, 0.25) is 0 Å². The summed E-state index contributed by atoms with van der Waals surface area (Å²) in [5.41, 5.74) is 2.77. The van der Waals surface area contributed by atoms with E-state index in [2.05, 4.69) is 61.0 Å². The molecular formula is C15H28BrN3. The predicted octanol–water partition coefficient (Wildman–Crippen LogP) is 3.84. The van der Waals surface area contributed by atoms with Crippen molar-refractivity contribution >= 4 is 15.9 Å². The Labute approximate surface area is 126 Å². The van der Waals surface area contributed by atoms with Gasteiger partial charge in [-0.1, -0.05) is 13.8 Å². The lowest BCUT2D eigenvalue weighted by atomic mass is 9.82. The fourth-order valence-corrected chi connectivity index (χ4v) is 2.54. The number of aryl methyl sites for hydroxylation is 2. The highest BCUT2D eigenvalue weighted by Crippen LogP contribution is 2.31. The zero-order valence-electron chi connectivity index (χ0n) is 13.4. The molecule has 0 spiro atoms. The van der Waals surface area contributed by atoms with E-state index in [0.29, 0.717) is 0 Å². The summed E-state index contributed by atoms with van der Waals surface area (Å²) in [4.78, 5) is 0. The van der Waals surface area contributed by atoms with Crippen molar-refractivity contribution in [2.75, 3.05) is 6.54 Å². The Morgan fingerprint density at radius 2 is 1.84 bits per heavy atom. The Hall–Kier alpha value is -0.350. The van der Waals surface area contributed by atoms with E-state index in [-0.39, 0.29) is 11.0 Å². The van der Waals surface area contributed by atoms with Gasteiger partial charge in [-0.15, -0.1) is 0 Å². The van der Waals surface area contributed by atoms with Crippen LogP contribution in [0.15, 0.2) is 4.47 Å². The third kappa shape index (κ3) is 4.60. The molecule has 0 aliphatic heterocycles. The van der Waals surface area contributed by atoms with E-state index in [9.17, 15) is 0 Å². The second-order valence-corrected chi connectivity index (χ2v) is 7.71. The maximum atomic E-state index is 4.49. The fourth-order valence-electron chi connectivity index (χ4n) is 2.07. The van der Waals surface area contributed by atoms with Gasteiger partial charge in [0, 0.05) is 19.1 Å². The first kappa shape index (κ1) is 16.7. The van der Waals surface area contributed by atoms with Gasteiger partial charge in [0.05, 0.1) is 15.9 Å². The largest absolute Gasteiger partial charge is 0.312 e. The minimum absolute atomic E-state index is 0.163. The van der Waals surface area contributed by atoms with Crippen LogP contribution < -0.4 is 5.32 Å². The normalized spacial score (nSPS) is 15.6. The molecule has 19 heavy (non-hydrogen) atoms. The Kier molecular flexibility index (Phi) is 5.24. The lowest BCUT2D eigenvalue weighted by molar-refractivity contribution is 0.250. The monoisotopic (exact) mass is 329 g/mol. The third-order valence-corrected chi connectivity index (χ3v) is 4.79. The molecule has 1 aromatic heterocycles. The Morgan fingerprint density at radius 3 is 2.21 bits per heavy atom. The molecule has 1 unspecified atom stereocenters. The van der Waals surface area contributed by atoms with Crippen molar-refractivity contribution in [3.05, 3.63) is 15.9 Å². The van der Waals surface area contributed by atoms with Crippen LogP contribution in [0.5, 0.6) is 0 Å². The van der Waals surface area contributed by atoms with Gasteiger partial charge in [0.25, 0.3) is 0 Å². The summed E-state index contributed by atoms with van der Waals surface area (Å²) in [7, 11) is 2.03. The molecule has 0 saturated heterocycles. The lowest BCUT2D eigenvalue weighted by Gasteiger charge is -2.33. The molecule has 4 heteroatoms. The number of halogens is 1. The first-order valence-corrected chi connectivity index (χ1v) is 7.80. The lowest BCUT2D eigenvalue weighted by Crippen LogP contribution is -2.43. The highest BCUT2D eigenvalue weighted by atomic mass is 79.9. The molecule has 0 amide bonds. The zero-order chi connectivity index (χ0) is 14.8. The number of aromatic nitrogens is 2. The van der Waals surface area contributed by atoms with Gasteiger partial charge in [-0.05, 0) is 61.9 Å². The number of nitrogens with one attached hydrogen (secondary N) is 1. The number of hydrogen-bond donors (Lipinski definition) is 1. The van der Waals surface area contributed by atoms with Crippen molar-refractivity contribution in [3.8, 4) is 0 Å². The van der Waals surface area contributed by atoms with Gasteiger partial charge in [-0.3, -0.25) is 4.68 Å². The molecule has 1 aromatic rings. The van der Waals surface area contributed by atoms with Gasteiger partial charge in [0.2, 0.25) is 0 Å². The van der Waals surface area contributed by atoms with Crippen LogP contribution in [0.1, 0.15) is 52.4 Å². The number of hydrogen-bond acceptors (Lipinski definition) is 2. The molecule has 3 nitrogen and oxygen atoms in total. The van der Waals surface area contributed by atoms with Crippen LogP contribution >= 0.6 is 15.9 Å². The van der Waals surface area contributed by atoms with Gasteiger partial charge < -0.3 is 5.32 Å². The number of rotatable bonds is 5. The molecule has 0 saturated carbocycles. The molecule has 1 rings (SSSR count). The van der Waals surface area contributed by atoms with Crippen molar-refractivity contribution in [2.45, 2.75) is 59.9 Å². The SMILES string of the molecule is CCC(C)(CNC(C)(C)C)Cc1c(Br)c(C)nn1C. The molecule has 110 valence electrons. The average molecular weight is 330 g/mol. The second-order valence-electron chi connectivity index (χ2n) is 6.91. The van der Waals surface area contributed by atoms with Crippen LogP contribution in [0, 0.1) is 12.3 Å². The standard InChI is InChI=1S/C15H28BrN3/c1-8-15(6,10-17-14(3,4)5)9-12-13(16)11(2)18-19(12)7/h17H,8-10H2,1-7H3. The summed E-state index contributed by atoms with van der Waals surface area (Å²) in [5, 5.41) is 8.12. The van der Waals surface area contributed by atoms with E-state index >= 15 is 0 Å². The van der Waals surface area contributed by atoms with Gasteiger partial charge in [-0.25, -0.2) is 0 Å². The summed E-state index contributed by atoms with van der Waals surface area (Å²) in [6, 6.07) is 0. The Balaban J connectivity index is 2.86. The van der Waals surface area contributed by atoms with E-state index in [0.717, 1.165) is 29.6 Å². The fraction of sp³-hybridized carbons (Fsp3) is 0.800. The summed E-state index contributed by atoms with van der Waals surface area (Å²) >= 11 is 3.67. The molecule has 0 aromatic carbocycles. The highest BCUT2D eigenvalue weighted by Gasteiger charge is 2.27. The molecule has 1 N–H and O–H groups in total. The molecule has 0 aliphatic rings. The van der Waals surface area contributed by atoms with Crippen LogP contribution in [0.25, 0.3) is 0 Å². The van der Waals surface area contributed by atoms with E-state index in [1.165, 1.54) is 5.69 Å². The van der Waals surface area contributed by atoms with Gasteiger partial charge in [-0.2, -0.15) is 5.10 Å². The molecule has 0 bridgehead atoms. The molecule has 1 heterocycles. The molecule has 1 atom stereocenters. The molecule has 0 fully saturated rings. The van der Waals surface area contributed by atoms with Gasteiger partial charge in [0.15, 0.2) is 0 Å². The van der Waals surface area contributed by atoms with E-state index < -0.39 is 0 Å². The highest BCUT2D eigenvalue weighted by molar-refractivity contribution is 9.10. The van der Waals surface area contributed by atoms with Crippen molar-refractivity contribution in [1.82, 2.24) is 15.1 Å². The van der Waals surface area contributed by atoms with Gasteiger partial charge in [0.1, 0.15) is 0 Å². The van der Waals surface area contributed by atoms with Crippen LogP contribution in [0.3, 0.4) is 0 Å². The molecular weight excluding hydrogens is 302 g/mol. The smallest absolute Gasteiger partial charge is 0.0738 e. The maximum absolute atomic E-state index is 4.49. The van der Waals surface area contributed by atoms with E-state index in [1.807, 2.05) is 18.7 Å². The van der Waals surface area contributed by atoms with E-state index in [4.69, 9.17) is 0 Å². The first-order valence-electron chi connectivity index (χ1n) is 7.01. The third-order valence-electron chi connectivity index (χ3n) is 3.75. The summed E-state index contributed by atoms with van der Waals surface area (Å²) < 4.78 is 3.16. The van der Waals surface area contributed by atoms with Crippen molar-refractivity contribution in [1.29, 1.82) is 0 Å². The van der Waals surface area contributed by atoms with Gasteiger partial charge >= 0.3 is 0 Å². The summed E-state index contributed by atoms with van der Waals surface area (Å²) in [6.07, 6.45) is 2.18. The van der Waals surface area contributed by atoms with Crippen molar-refractivity contribution in [2.24, 2.45) is 12.5 Å². The zero-order valence-corrected chi connectivity index (χ0v) is 15.0. The molecule has 0 aliphatic carbocycles. The second kappa shape index (κ2) is 5.96. The Bertz CT molecular complexity index is 431. The maximum Gasteiger partial charge on any atom is 0.0738 e. The number of nitrogens with zero attached hydrogens (tertiary/aromatic N) is 2. The van der Waals surface area contributed by atoms with Crippen LogP contribution in [0.4, 0.5) is 0 Å².